The molecule has 0 bridgehead atoms. The summed E-state index contributed by atoms with van der Waals surface area (Å²) < 4.78 is 13.2. The first kappa shape index (κ1) is 28.3. The molecule has 42 heavy (non-hydrogen) atoms. The third kappa shape index (κ3) is 6.39. The van der Waals surface area contributed by atoms with Crippen LogP contribution in [0.5, 0.6) is 11.6 Å². The van der Waals surface area contributed by atoms with E-state index < -0.39 is 17.3 Å². The predicted molar refractivity (Wildman–Crippen MR) is 158 cm³/mol. The first-order valence-corrected chi connectivity index (χ1v) is 13.4. The largest absolute Gasteiger partial charge is 0.465 e. The molecule has 2 heterocycles. The van der Waals surface area contributed by atoms with Crippen LogP contribution in [0.15, 0.2) is 106 Å². The highest BCUT2D eigenvalue weighted by Crippen LogP contribution is 2.25. The van der Waals surface area contributed by atoms with Crippen molar-refractivity contribution in [3.05, 3.63) is 134 Å². The van der Waals surface area contributed by atoms with Crippen LogP contribution in [-0.4, -0.2) is 32.2 Å². The van der Waals surface area contributed by atoms with Gasteiger partial charge in [0.05, 0.1) is 24.9 Å². The van der Waals surface area contributed by atoms with Crippen molar-refractivity contribution in [3.63, 3.8) is 0 Å². The number of carbonyl (C=O) groups is 1. The maximum absolute atomic E-state index is 13.1. The Morgan fingerprint density at radius 2 is 1.71 bits per heavy atom. The Morgan fingerprint density at radius 3 is 2.38 bits per heavy atom. The average Bonchev–Trinajstić information content (AvgIpc) is 3.01. The molecular formula is C31H26ClN5O5. The molecule has 1 N–H and O–H groups in total. The highest BCUT2D eigenvalue weighted by Gasteiger charge is 2.10. The van der Waals surface area contributed by atoms with Crippen LogP contribution in [0.3, 0.4) is 0 Å². The number of nitrogens with zero attached hydrogens (tertiary/aromatic N) is 4. The third-order valence-electron chi connectivity index (χ3n) is 6.40. The van der Waals surface area contributed by atoms with Gasteiger partial charge in [-0.25, -0.2) is 28.9 Å². The van der Waals surface area contributed by atoms with Gasteiger partial charge in [-0.2, -0.15) is 0 Å². The first-order valence-electron chi connectivity index (χ1n) is 13.0. The number of pyridine rings is 1. The smallest absolute Gasteiger partial charge is 0.337 e. The number of halogens is 1. The molecule has 0 amide bonds. The molecule has 0 saturated carbocycles. The summed E-state index contributed by atoms with van der Waals surface area (Å²) in [6.45, 7) is 2.14. The zero-order valence-corrected chi connectivity index (χ0v) is 23.5. The number of benzene rings is 3. The Balaban J connectivity index is 1.37. The minimum atomic E-state index is -0.542. The number of hydrogen-bond donors (Lipinski definition) is 1. The second-order valence-corrected chi connectivity index (χ2v) is 9.59. The van der Waals surface area contributed by atoms with Crippen LogP contribution in [0, 0.1) is 0 Å². The van der Waals surface area contributed by atoms with Crippen LogP contribution in [0.4, 0.5) is 5.69 Å². The van der Waals surface area contributed by atoms with Gasteiger partial charge in [0.25, 0.3) is 0 Å². The normalized spacial score (nSPS) is 11.4. The monoisotopic (exact) mass is 583 g/mol. The van der Waals surface area contributed by atoms with Crippen LogP contribution >= 0.6 is 11.6 Å². The fourth-order valence-electron chi connectivity index (χ4n) is 4.22. The third-order valence-corrected chi connectivity index (χ3v) is 6.65. The van der Waals surface area contributed by atoms with E-state index in [1.807, 2.05) is 24.3 Å². The van der Waals surface area contributed by atoms with E-state index in [1.54, 1.807) is 73.8 Å². The Labute approximate surface area is 245 Å². The molecule has 0 saturated heterocycles. The van der Waals surface area contributed by atoms with Gasteiger partial charge >= 0.3 is 17.3 Å². The lowest BCUT2D eigenvalue weighted by Gasteiger charge is -2.10. The van der Waals surface area contributed by atoms with Gasteiger partial charge < -0.3 is 9.47 Å². The maximum atomic E-state index is 13.1. The van der Waals surface area contributed by atoms with Crippen molar-refractivity contribution in [3.8, 4) is 22.8 Å². The molecule has 0 spiro atoms. The van der Waals surface area contributed by atoms with Crippen molar-refractivity contribution in [1.82, 2.24) is 19.1 Å². The highest BCUT2D eigenvalue weighted by atomic mass is 35.5. The molecule has 5 aromatic rings. The van der Waals surface area contributed by atoms with Crippen molar-refractivity contribution in [2.45, 2.75) is 20.0 Å². The molecule has 0 atom stereocenters. The van der Waals surface area contributed by atoms with E-state index in [9.17, 15) is 14.4 Å². The second-order valence-electron chi connectivity index (χ2n) is 9.16. The number of methoxy groups -OCH3 is 1. The zero-order chi connectivity index (χ0) is 29.6. The van der Waals surface area contributed by atoms with E-state index >= 15 is 0 Å². The summed E-state index contributed by atoms with van der Waals surface area (Å²) in [4.78, 5) is 49.1. The lowest BCUT2D eigenvalue weighted by atomic mass is 10.0. The van der Waals surface area contributed by atoms with Crippen LogP contribution in [0.25, 0.3) is 11.1 Å². The van der Waals surface area contributed by atoms with Gasteiger partial charge in [-0.15, -0.1) is 0 Å². The summed E-state index contributed by atoms with van der Waals surface area (Å²) in [5.74, 6) is 0.486. The Morgan fingerprint density at radius 1 is 0.952 bits per heavy atom. The highest BCUT2D eigenvalue weighted by molar-refractivity contribution is 6.30. The Hall–Kier alpha value is -5.22. The molecule has 0 aliphatic carbocycles. The van der Waals surface area contributed by atoms with Gasteiger partial charge in [-0.05, 0) is 72.6 Å². The molecule has 212 valence electrons. The van der Waals surface area contributed by atoms with E-state index in [-0.39, 0.29) is 18.7 Å². The summed E-state index contributed by atoms with van der Waals surface area (Å²) in [6, 6.07) is 24.6. The Kier molecular flexibility index (Phi) is 8.44. The summed E-state index contributed by atoms with van der Waals surface area (Å²) >= 11 is 6.00. The van der Waals surface area contributed by atoms with E-state index in [1.165, 1.54) is 11.7 Å². The molecule has 2 aromatic heterocycles. The van der Waals surface area contributed by atoms with Crippen LogP contribution in [-0.2, 0) is 17.8 Å². The van der Waals surface area contributed by atoms with Crippen molar-refractivity contribution in [2.75, 3.05) is 7.11 Å². The van der Waals surface area contributed by atoms with E-state index in [0.29, 0.717) is 27.9 Å². The number of esters is 1. The van der Waals surface area contributed by atoms with Gasteiger partial charge in [0, 0.05) is 29.4 Å². The quantitative estimate of drug-likeness (QED) is 0.259. The molecule has 0 aliphatic rings. The van der Waals surface area contributed by atoms with Crippen molar-refractivity contribution in [1.29, 1.82) is 0 Å². The lowest BCUT2D eigenvalue weighted by molar-refractivity contribution is 0.0600. The van der Waals surface area contributed by atoms with Crippen LogP contribution < -0.4 is 21.7 Å². The summed E-state index contributed by atoms with van der Waals surface area (Å²) in [5, 5.41) is 0.583. The number of nitrogens with one attached hydrogen (secondary N) is 1. The molecular weight excluding hydrogens is 558 g/mol. The molecule has 0 aliphatic heterocycles. The van der Waals surface area contributed by atoms with E-state index in [0.717, 1.165) is 21.3 Å². The van der Waals surface area contributed by atoms with Crippen LogP contribution in [0.1, 0.15) is 22.8 Å². The number of aromatic amines is 1. The fraction of sp³-hybridized carbons (Fsp3) is 0.129. The van der Waals surface area contributed by atoms with Gasteiger partial charge in [0.15, 0.2) is 0 Å². The molecule has 10 nitrogen and oxygen atoms in total. The minimum Gasteiger partial charge on any atom is -0.465 e. The van der Waals surface area contributed by atoms with Gasteiger partial charge in [-0.3, -0.25) is 9.55 Å². The lowest BCUT2D eigenvalue weighted by Crippen LogP contribution is -2.49. The average molecular weight is 584 g/mol. The first-order chi connectivity index (χ1) is 20.3. The van der Waals surface area contributed by atoms with Gasteiger partial charge in [0.2, 0.25) is 11.5 Å². The fourth-order valence-corrected chi connectivity index (χ4v) is 4.35. The minimum absolute atomic E-state index is 0.117. The predicted octanol–water partition coefficient (Wildman–Crippen LogP) is 4.93. The van der Waals surface area contributed by atoms with Crippen molar-refractivity contribution in [2.24, 2.45) is 4.99 Å². The number of ether oxygens (including phenoxy) is 2. The van der Waals surface area contributed by atoms with E-state index in [4.69, 9.17) is 21.1 Å². The topological polar surface area (TPSA) is 121 Å². The second kappa shape index (κ2) is 12.5. The number of hydrogen-bond acceptors (Lipinski definition) is 7. The number of aromatic nitrogens is 4. The standard InChI is InChI=1S/C31H26ClN5O5/c1-3-36-30(39)35-29(37(31(36)40)19-20-7-10-24(32)11-8-20)34-25-12-14-26(15-13-25)42-27-16-9-23(18-33-27)21-5-4-6-22(17-21)28(38)41-2/h4-18H,3,19H2,1-2H3,(H,34,35,39). The molecule has 11 heteroatoms. The summed E-state index contributed by atoms with van der Waals surface area (Å²) in [7, 11) is 1.34. The SMILES string of the molecule is CCn1c(=O)[nH]/c(=N\c2ccc(Oc3ccc(-c4cccc(C(=O)OC)c4)cn3)cc2)n(Cc2ccc(Cl)cc2)c1=O. The van der Waals surface area contributed by atoms with Crippen molar-refractivity contribution < 1.29 is 14.3 Å². The number of carbonyl (C=O) groups excluding carboxylic acids is 1. The maximum Gasteiger partial charge on any atom is 0.337 e. The Bertz CT molecular complexity index is 1910. The number of H-pyrrole nitrogens is 1. The van der Waals surface area contributed by atoms with Crippen molar-refractivity contribution >= 4 is 23.3 Å². The molecule has 0 radical (unpaired) electrons. The molecule has 5 rings (SSSR count). The van der Waals surface area contributed by atoms with Gasteiger partial charge in [0.1, 0.15) is 5.75 Å². The van der Waals surface area contributed by atoms with Crippen LogP contribution in [0.2, 0.25) is 5.02 Å². The number of rotatable bonds is 8. The molecule has 0 unspecified atom stereocenters. The molecule has 3 aromatic carbocycles. The summed E-state index contributed by atoms with van der Waals surface area (Å²) in [6.07, 6.45) is 1.66. The molecule has 0 fully saturated rings. The zero-order valence-electron chi connectivity index (χ0n) is 22.8. The van der Waals surface area contributed by atoms with E-state index in [2.05, 4.69) is 15.0 Å². The summed E-state index contributed by atoms with van der Waals surface area (Å²) in [5.41, 5.74) is 2.52. The van der Waals surface area contributed by atoms with Gasteiger partial charge in [-0.1, -0.05) is 35.9 Å².